The molecule has 1 aromatic heterocycles. The number of nitrogen functional groups attached to an aromatic ring is 1. The number of nitrogens with zero attached hydrogens (tertiary/aromatic N) is 4. The molecule has 0 fully saturated rings. The lowest BCUT2D eigenvalue weighted by atomic mass is 10.2. The molecule has 2 aromatic rings. The highest BCUT2D eigenvalue weighted by atomic mass is 35.5. The zero-order valence-corrected chi connectivity index (χ0v) is 13.2. The maximum atomic E-state index is 6.05. The van der Waals surface area contributed by atoms with Crippen LogP contribution in [0.5, 0.6) is 0 Å². The van der Waals surface area contributed by atoms with E-state index in [1.165, 1.54) is 0 Å². The minimum absolute atomic E-state index is 0.346. The molecule has 0 bridgehead atoms. The van der Waals surface area contributed by atoms with E-state index in [1.807, 2.05) is 0 Å². The molecule has 0 amide bonds. The summed E-state index contributed by atoms with van der Waals surface area (Å²) in [5.41, 5.74) is 6.99. The van der Waals surface area contributed by atoms with Gasteiger partial charge in [0.25, 0.3) is 0 Å². The number of aryl methyl sites for hydroxylation is 1. The van der Waals surface area contributed by atoms with Crippen LogP contribution in [0.15, 0.2) is 12.1 Å². The maximum absolute atomic E-state index is 6.05. The number of tetrazole rings is 1. The van der Waals surface area contributed by atoms with Crippen molar-refractivity contribution in [2.24, 2.45) is 0 Å². The lowest BCUT2D eigenvalue weighted by molar-refractivity contribution is 0.191. The highest BCUT2D eigenvalue weighted by Gasteiger charge is 2.12. The SMILES string of the molecule is COCCCCCn1nnnc1-c1cc(N)c(Cl)c(Cl)c1. The minimum atomic E-state index is 0.346. The Hall–Kier alpha value is -1.37. The van der Waals surface area contributed by atoms with Crippen LogP contribution in [0.2, 0.25) is 10.0 Å². The zero-order valence-electron chi connectivity index (χ0n) is 11.7. The van der Waals surface area contributed by atoms with Gasteiger partial charge in [-0.2, -0.15) is 0 Å². The molecule has 0 radical (unpaired) electrons. The van der Waals surface area contributed by atoms with Gasteiger partial charge >= 0.3 is 0 Å². The van der Waals surface area contributed by atoms with Gasteiger partial charge < -0.3 is 10.5 Å². The van der Waals surface area contributed by atoms with Crippen molar-refractivity contribution in [3.63, 3.8) is 0 Å². The number of aromatic nitrogens is 4. The van der Waals surface area contributed by atoms with Crippen molar-refractivity contribution >= 4 is 28.9 Å². The van der Waals surface area contributed by atoms with Gasteiger partial charge in [-0.05, 0) is 41.8 Å². The first-order chi connectivity index (χ1) is 10.1. The summed E-state index contributed by atoms with van der Waals surface area (Å²) >= 11 is 12.0. The van der Waals surface area contributed by atoms with Crippen LogP contribution in [0, 0.1) is 0 Å². The Morgan fingerprint density at radius 1 is 1.24 bits per heavy atom. The molecule has 21 heavy (non-hydrogen) atoms. The maximum Gasteiger partial charge on any atom is 0.182 e. The second-order valence-corrected chi connectivity index (χ2v) is 5.43. The number of methoxy groups -OCH3 is 1. The van der Waals surface area contributed by atoms with Crippen LogP contribution in [0.4, 0.5) is 5.69 Å². The second-order valence-electron chi connectivity index (χ2n) is 4.64. The molecule has 0 saturated carbocycles. The predicted octanol–water partition coefficient (Wildman–Crippen LogP) is 3.05. The Bertz CT molecular complexity index is 579. The quantitative estimate of drug-likeness (QED) is 0.623. The fourth-order valence-corrected chi connectivity index (χ4v) is 2.32. The summed E-state index contributed by atoms with van der Waals surface area (Å²) in [6.45, 7) is 1.50. The summed E-state index contributed by atoms with van der Waals surface area (Å²) in [5, 5.41) is 12.5. The van der Waals surface area contributed by atoms with Gasteiger partial charge in [-0.3, -0.25) is 0 Å². The number of hydrogen-bond donors (Lipinski definition) is 1. The lowest BCUT2D eigenvalue weighted by Crippen LogP contribution is -2.04. The molecule has 2 rings (SSSR count). The van der Waals surface area contributed by atoms with Crippen LogP contribution in [0.1, 0.15) is 19.3 Å². The van der Waals surface area contributed by atoms with E-state index in [0.717, 1.165) is 38.0 Å². The first-order valence-electron chi connectivity index (χ1n) is 6.63. The number of rotatable bonds is 7. The van der Waals surface area contributed by atoms with E-state index in [2.05, 4.69) is 15.5 Å². The number of hydrogen-bond acceptors (Lipinski definition) is 5. The van der Waals surface area contributed by atoms with Crippen LogP contribution in [0.3, 0.4) is 0 Å². The summed E-state index contributed by atoms with van der Waals surface area (Å²) in [7, 11) is 1.70. The molecule has 0 atom stereocenters. The fourth-order valence-electron chi connectivity index (χ4n) is 1.99. The first kappa shape index (κ1) is 16.0. The van der Waals surface area contributed by atoms with Gasteiger partial charge in [0.15, 0.2) is 5.82 Å². The molecule has 0 unspecified atom stereocenters. The Kier molecular flexibility index (Phi) is 5.78. The van der Waals surface area contributed by atoms with Gasteiger partial charge in [-0.1, -0.05) is 23.2 Å². The van der Waals surface area contributed by atoms with Crippen molar-refractivity contribution in [2.45, 2.75) is 25.8 Å². The molecule has 114 valence electrons. The molecule has 0 aliphatic rings. The standard InChI is InChI=1S/C13H17Cl2N5O/c1-21-6-4-2-3-5-20-13(17-18-19-20)9-7-10(14)12(15)11(16)8-9/h7-8H,2-6,16H2,1H3. The molecule has 0 spiro atoms. The minimum Gasteiger partial charge on any atom is -0.397 e. The summed E-state index contributed by atoms with van der Waals surface area (Å²) in [6.07, 6.45) is 3.04. The van der Waals surface area contributed by atoms with E-state index in [1.54, 1.807) is 23.9 Å². The van der Waals surface area contributed by atoms with Gasteiger partial charge in [-0.15, -0.1) is 5.10 Å². The largest absolute Gasteiger partial charge is 0.397 e. The number of halogens is 2. The summed E-state index contributed by atoms with van der Waals surface area (Å²) in [4.78, 5) is 0. The van der Waals surface area contributed by atoms with E-state index in [9.17, 15) is 0 Å². The van der Waals surface area contributed by atoms with Crippen LogP contribution < -0.4 is 5.73 Å². The van der Waals surface area contributed by atoms with Crippen LogP contribution in [-0.2, 0) is 11.3 Å². The second kappa shape index (κ2) is 7.59. The number of nitrogens with two attached hydrogens (primary N) is 1. The average molecular weight is 330 g/mol. The Morgan fingerprint density at radius 3 is 2.76 bits per heavy atom. The fraction of sp³-hybridized carbons (Fsp3) is 0.462. The Morgan fingerprint density at radius 2 is 2.05 bits per heavy atom. The topological polar surface area (TPSA) is 78.8 Å². The van der Waals surface area contributed by atoms with Crippen LogP contribution >= 0.6 is 23.2 Å². The van der Waals surface area contributed by atoms with Gasteiger partial charge in [-0.25, -0.2) is 4.68 Å². The van der Waals surface area contributed by atoms with Gasteiger partial charge in [0.2, 0.25) is 0 Å². The summed E-state index contributed by atoms with van der Waals surface area (Å²) in [5.74, 6) is 0.631. The summed E-state index contributed by atoms with van der Waals surface area (Å²) < 4.78 is 6.76. The van der Waals surface area contributed by atoms with Gasteiger partial charge in [0.05, 0.1) is 15.7 Å². The van der Waals surface area contributed by atoms with Crippen molar-refractivity contribution in [1.82, 2.24) is 20.2 Å². The molecular weight excluding hydrogens is 313 g/mol. The molecule has 1 heterocycles. The highest BCUT2D eigenvalue weighted by molar-refractivity contribution is 6.43. The molecule has 0 aliphatic carbocycles. The molecule has 1 aromatic carbocycles. The van der Waals surface area contributed by atoms with Crippen LogP contribution in [-0.4, -0.2) is 33.9 Å². The average Bonchev–Trinajstić information content (AvgIpc) is 2.92. The monoisotopic (exact) mass is 329 g/mol. The van der Waals surface area contributed by atoms with Crippen molar-refractivity contribution in [1.29, 1.82) is 0 Å². The van der Waals surface area contributed by atoms with Crippen molar-refractivity contribution in [2.75, 3.05) is 19.5 Å². The lowest BCUT2D eigenvalue weighted by Gasteiger charge is -2.07. The zero-order chi connectivity index (χ0) is 15.2. The molecule has 0 saturated heterocycles. The summed E-state index contributed by atoms with van der Waals surface area (Å²) in [6, 6.07) is 3.44. The first-order valence-corrected chi connectivity index (χ1v) is 7.39. The smallest absolute Gasteiger partial charge is 0.182 e. The third kappa shape index (κ3) is 4.06. The molecule has 2 N–H and O–H groups in total. The number of unbranched alkanes of at least 4 members (excludes halogenated alkanes) is 2. The number of ether oxygens (including phenoxy) is 1. The number of benzene rings is 1. The third-order valence-corrected chi connectivity index (χ3v) is 3.88. The van der Waals surface area contributed by atoms with E-state index in [-0.39, 0.29) is 0 Å². The third-order valence-electron chi connectivity index (χ3n) is 3.06. The van der Waals surface area contributed by atoms with E-state index in [0.29, 0.717) is 21.6 Å². The van der Waals surface area contributed by atoms with Crippen LogP contribution in [0.25, 0.3) is 11.4 Å². The van der Waals surface area contributed by atoms with Gasteiger partial charge in [0, 0.05) is 25.8 Å². The molecule has 8 heteroatoms. The normalized spacial score (nSPS) is 11.0. The molecule has 0 aliphatic heterocycles. The highest BCUT2D eigenvalue weighted by Crippen LogP contribution is 2.32. The van der Waals surface area contributed by atoms with Crippen molar-refractivity contribution in [3.05, 3.63) is 22.2 Å². The van der Waals surface area contributed by atoms with Gasteiger partial charge in [0.1, 0.15) is 0 Å². The molecular formula is C13H17Cl2N5O. The van der Waals surface area contributed by atoms with Crippen molar-refractivity contribution < 1.29 is 4.74 Å². The predicted molar refractivity (Wildman–Crippen MR) is 83.4 cm³/mol. The van der Waals surface area contributed by atoms with Crippen molar-refractivity contribution in [3.8, 4) is 11.4 Å². The van der Waals surface area contributed by atoms with E-state index >= 15 is 0 Å². The Labute approximate surface area is 133 Å². The molecule has 6 nitrogen and oxygen atoms in total. The number of anilines is 1. The van der Waals surface area contributed by atoms with E-state index in [4.69, 9.17) is 33.7 Å². The Balaban J connectivity index is 2.09. The van der Waals surface area contributed by atoms with E-state index < -0.39 is 0 Å².